The van der Waals surface area contributed by atoms with E-state index >= 15 is 0 Å². The van der Waals surface area contributed by atoms with Crippen LogP contribution in [0.2, 0.25) is 0 Å². The number of rotatable bonds is 3. The molecular formula is C8H8INO3. The molecule has 0 saturated carbocycles. The quantitative estimate of drug-likeness (QED) is 0.489. The van der Waals surface area contributed by atoms with Crippen LogP contribution in [0.25, 0.3) is 0 Å². The number of nitro benzene ring substituents is 1. The van der Waals surface area contributed by atoms with Crippen LogP contribution >= 0.6 is 23.0 Å². The van der Waals surface area contributed by atoms with Gasteiger partial charge in [-0.3, -0.25) is 10.1 Å². The molecule has 5 heteroatoms. The Bertz CT molecular complexity index is 316. The van der Waals surface area contributed by atoms with Crippen LogP contribution in [-0.2, 0) is 3.07 Å². The molecule has 1 rings (SSSR count). The van der Waals surface area contributed by atoms with Gasteiger partial charge in [0, 0.05) is 6.07 Å². The van der Waals surface area contributed by atoms with Gasteiger partial charge in [0.2, 0.25) is 0 Å². The molecular weight excluding hydrogens is 285 g/mol. The number of benzene rings is 1. The molecule has 1 unspecified atom stereocenters. The first-order valence-electron chi connectivity index (χ1n) is 3.67. The van der Waals surface area contributed by atoms with E-state index in [1.54, 1.807) is 48.1 Å². The zero-order valence-electron chi connectivity index (χ0n) is 6.94. The maximum Gasteiger partial charge on any atom is 0.275 e. The Labute approximate surface area is 89.7 Å². The summed E-state index contributed by atoms with van der Waals surface area (Å²) in [5.41, 5.74) is 0.702. The molecule has 0 aromatic heterocycles. The second kappa shape index (κ2) is 4.52. The second-order valence-electron chi connectivity index (χ2n) is 2.55. The number of hydrogen-bond donors (Lipinski definition) is 0. The van der Waals surface area contributed by atoms with Crippen molar-refractivity contribution in [3.8, 4) is 0 Å². The lowest BCUT2D eigenvalue weighted by Gasteiger charge is -2.07. The highest BCUT2D eigenvalue weighted by Crippen LogP contribution is 2.27. The van der Waals surface area contributed by atoms with E-state index in [0.29, 0.717) is 5.56 Å². The van der Waals surface area contributed by atoms with Crippen molar-refractivity contribution in [2.45, 2.75) is 13.0 Å². The minimum Gasteiger partial charge on any atom is -0.308 e. The van der Waals surface area contributed by atoms with Crippen LogP contribution < -0.4 is 0 Å². The van der Waals surface area contributed by atoms with Gasteiger partial charge in [0.25, 0.3) is 5.69 Å². The van der Waals surface area contributed by atoms with Gasteiger partial charge in [-0.2, -0.15) is 0 Å². The molecule has 0 aliphatic heterocycles. The van der Waals surface area contributed by atoms with Gasteiger partial charge in [-0.15, -0.1) is 0 Å². The van der Waals surface area contributed by atoms with E-state index in [4.69, 9.17) is 3.07 Å². The topological polar surface area (TPSA) is 52.4 Å². The van der Waals surface area contributed by atoms with E-state index in [1.165, 1.54) is 6.07 Å². The van der Waals surface area contributed by atoms with Crippen LogP contribution in [-0.4, -0.2) is 4.92 Å². The molecule has 0 aliphatic carbocycles. The van der Waals surface area contributed by atoms with E-state index in [0.717, 1.165) is 0 Å². The first-order valence-corrected chi connectivity index (χ1v) is 4.55. The van der Waals surface area contributed by atoms with Crippen LogP contribution in [0.15, 0.2) is 24.3 Å². The third-order valence-corrected chi connectivity index (χ3v) is 2.47. The van der Waals surface area contributed by atoms with Crippen molar-refractivity contribution in [1.29, 1.82) is 0 Å². The summed E-state index contributed by atoms with van der Waals surface area (Å²) in [5.74, 6) is 0. The van der Waals surface area contributed by atoms with Crippen molar-refractivity contribution in [3.05, 3.63) is 39.9 Å². The number of hydrogen-bond acceptors (Lipinski definition) is 3. The predicted molar refractivity (Wildman–Crippen MR) is 56.6 cm³/mol. The highest BCUT2D eigenvalue weighted by Gasteiger charge is 2.17. The van der Waals surface area contributed by atoms with Gasteiger partial charge in [0.05, 0.1) is 16.6 Å². The van der Waals surface area contributed by atoms with Gasteiger partial charge in [-0.05, 0) is 13.0 Å². The van der Waals surface area contributed by atoms with E-state index in [9.17, 15) is 10.1 Å². The summed E-state index contributed by atoms with van der Waals surface area (Å²) >= 11 is 1.73. The largest absolute Gasteiger partial charge is 0.308 e. The Kier molecular flexibility index (Phi) is 3.61. The van der Waals surface area contributed by atoms with Crippen molar-refractivity contribution in [3.63, 3.8) is 0 Å². The Morgan fingerprint density at radius 1 is 1.54 bits per heavy atom. The summed E-state index contributed by atoms with van der Waals surface area (Å²) in [5, 5.41) is 10.6. The molecule has 0 radical (unpaired) electrons. The summed E-state index contributed by atoms with van der Waals surface area (Å²) in [6.07, 6.45) is -0.262. The van der Waals surface area contributed by atoms with Gasteiger partial charge < -0.3 is 3.07 Å². The van der Waals surface area contributed by atoms with Gasteiger partial charge in [0.15, 0.2) is 0 Å². The molecule has 4 nitrogen and oxygen atoms in total. The smallest absolute Gasteiger partial charge is 0.275 e. The molecule has 0 fully saturated rings. The van der Waals surface area contributed by atoms with Crippen LogP contribution in [0.1, 0.15) is 18.6 Å². The Morgan fingerprint density at radius 3 is 2.69 bits per heavy atom. The molecule has 0 spiro atoms. The lowest BCUT2D eigenvalue weighted by Crippen LogP contribution is -1.98. The molecule has 70 valence electrons. The highest BCUT2D eigenvalue weighted by atomic mass is 127. The average Bonchev–Trinajstić information content (AvgIpc) is 2.16. The fourth-order valence-corrected chi connectivity index (χ4v) is 1.32. The molecule has 0 N–H and O–H groups in total. The zero-order chi connectivity index (χ0) is 9.84. The number of para-hydroxylation sites is 1. The zero-order valence-corrected chi connectivity index (χ0v) is 9.09. The van der Waals surface area contributed by atoms with Crippen LogP contribution in [0.4, 0.5) is 5.69 Å². The van der Waals surface area contributed by atoms with Crippen molar-refractivity contribution in [2.24, 2.45) is 0 Å². The molecule has 0 aliphatic rings. The van der Waals surface area contributed by atoms with Gasteiger partial charge in [-0.25, -0.2) is 0 Å². The predicted octanol–water partition coefficient (Wildman–Crippen LogP) is 3.02. The van der Waals surface area contributed by atoms with Crippen molar-refractivity contribution < 1.29 is 7.99 Å². The maximum absolute atomic E-state index is 10.6. The molecule has 1 atom stereocenters. The van der Waals surface area contributed by atoms with Crippen LogP contribution in [0.3, 0.4) is 0 Å². The summed E-state index contributed by atoms with van der Waals surface area (Å²) < 4.78 is 4.99. The normalized spacial score (nSPS) is 12.5. The van der Waals surface area contributed by atoms with E-state index in [1.807, 2.05) is 0 Å². The molecule has 0 saturated heterocycles. The monoisotopic (exact) mass is 293 g/mol. The maximum atomic E-state index is 10.6. The summed E-state index contributed by atoms with van der Waals surface area (Å²) in [4.78, 5) is 10.2. The molecule has 0 amide bonds. The fraction of sp³-hybridized carbons (Fsp3) is 0.250. The van der Waals surface area contributed by atoms with Crippen molar-refractivity contribution >= 4 is 28.7 Å². The first kappa shape index (κ1) is 10.4. The van der Waals surface area contributed by atoms with Crippen LogP contribution in [0, 0.1) is 10.1 Å². The first-order chi connectivity index (χ1) is 6.16. The highest BCUT2D eigenvalue weighted by molar-refractivity contribution is 14.1. The Hall–Kier alpha value is -0.690. The van der Waals surface area contributed by atoms with E-state index in [2.05, 4.69) is 0 Å². The van der Waals surface area contributed by atoms with Gasteiger partial charge in [-0.1, -0.05) is 12.1 Å². The Balaban J connectivity index is 3.11. The number of halogens is 1. The third kappa shape index (κ3) is 2.38. The van der Waals surface area contributed by atoms with Crippen molar-refractivity contribution in [1.82, 2.24) is 0 Å². The Morgan fingerprint density at radius 2 is 2.15 bits per heavy atom. The standard InChI is InChI=1S/C8H8INO3/c1-6(13-9)7-4-2-3-5-8(7)10(11)12/h2-6H,1H3. The van der Waals surface area contributed by atoms with E-state index < -0.39 is 4.92 Å². The van der Waals surface area contributed by atoms with Crippen molar-refractivity contribution in [2.75, 3.05) is 0 Å². The molecule has 0 bridgehead atoms. The second-order valence-corrected chi connectivity index (χ2v) is 3.06. The van der Waals surface area contributed by atoms with Gasteiger partial charge >= 0.3 is 0 Å². The summed E-state index contributed by atoms with van der Waals surface area (Å²) in [6.45, 7) is 1.77. The lowest BCUT2D eigenvalue weighted by atomic mass is 10.1. The minimum absolute atomic E-state index is 0.103. The fourth-order valence-electron chi connectivity index (χ4n) is 1.05. The number of nitrogens with zero attached hydrogens (tertiary/aromatic N) is 1. The third-order valence-electron chi connectivity index (χ3n) is 1.71. The summed E-state index contributed by atoms with van der Waals surface area (Å²) in [7, 11) is 0. The molecule has 1 aromatic carbocycles. The minimum atomic E-state index is -0.401. The van der Waals surface area contributed by atoms with Crippen LogP contribution in [0.5, 0.6) is 0 Å². The molecule has 1 aromatic rings. The SMILES string of the molecule is CC(OI)c1ccccc1[N+](=O)[O-]. The van der Waals surface area contributed by atoms with Gasteiger partial charge in [0.1, 0.15) is 23.0 Å². The van der Waals surface area contributed by atoms with E-state index in [-0.39, 0.29) is 11.8 Å². The number of nitro groups is 1. The lowest BCUT2D eigenvalue weighted by molar-refractivity contribution is -0.386. The summed E-state index contributed by atoms with van der Waals surface area (Å²) in [6, 6.07) is 6.57. The average molecular weight is 293 g/mol. The molecule has 0 heterocycles. The molecule has 13 heavy (non-hydrogen) atoms.